The van der Waals surface area contributed by atoms with Crippen LogP contribution in [0.2, 0.25) is 0 Å². The van der Waals surface area contributed by atoms with E-state index in [1.807, 2.05) is 0 Å². The van der Waals surface area contributed by atoms with Crippen LogP contribution in [0, 0.1) is 0 Å². The maximum atomic E-state index is 5.84. The zero-order valence-corrected chi connectivity index (χ0v) is 7.18. The van der Waals surface area contributed by atoms with Gasteiger partial charge in [0.15, 0.2) is 0 Å². The van der Waals surface area contributed by atoms with Gasteiger partial charge in [0.2, 0.25) is 0 Å². The highest BCUT2D eigenvalue weighted by molar-refractivity contribution is 4.98. The second kappa shape index (κ2) is 2.76. The Morgan fingerprint density at radius 3 is 2.55 bits per heavy atom. The SMILES string of the molecule is NCC12CCCCN1CCC2. The zero-order valence-electron chi connectivity index (χ0n) is 7.18. The third-order valence-electron chi connectivity index (χ3n) is 3.44. The van der Waals surface area contributed by atoms with E-state index >= 15 is 0 Å². The van der Waals surface area contributed by atoms with Crippen LogP contribution in [0.25, 0.3) is 0 Å². The van der Waals surface area contributed by atoms with E-state index in [2.05, 4.69) is 4.90 Å². The fourth-order valence-corrected chi connectivity index (χ4v) is 2.72. The van der Waals surface area contributed by atoms with Crippen LogP contribution in [0.3, 0.4) is 0 Å². The van der Waals surface area contributed by atoms with E-state index in [-0.39, 0.29) is 0 Å². The standard InChI is InChI=1S/C9H18N2/c10-8-9-4-1-2-6-11(9)7-3-5-9/h1-8,10H2. The van der Waals surface area contributed by atoms with Crippen molar-refractivity contribution in [3.63, 3.8) is 0 Å². The van der Waals surface area contributed by atoms with Crippen LogP contribution < -0.4 is 5.73 Å². The molecule has 64 valence electrons. The molecule has 2 N–H and O–H groups in total. The Bertz CT molecular complexity index is 146. The average Bonchev–Trinajstić information content (AvgIpc) is 2.48. The van der Waals surface area contributed by atoms with E-state index in [1.54, 1.807) is 0 Å². The molecule has 0 bridgehead atoms. The molecule has 1 unspecified atom stereocenters. The molecule has 0 aromatic rings. The summed E-state index contributed by atoms with van der Waals surface area (Å²) in [6, 6.07) is 0. The molecule has 0 saturated carbocycles. The topological polar surface area (TPSA) is 29.3 Å². The maximum Gasteiger partial charge on any atom is 0.0332 e. The number of piperidine rings is 1. The van der Waals surface area contributed by atoms with Gasteiger partial charge in [0, 0.05) is 12.1 Å². The minimum Gasteiger partial charge on any atom is -0.329 e. The van der Waals surface area contributed by atoms with E-state index in [4.69, 9.17) is 5.73 Å². The zero-order chi connectivity index (χ0) is 7.73. The van der Waals surface area contributed by atoms with E-state index < -0.39 is 0 Å². The van der Waals surface area contributed by atoms with Gasteiger partial charge in [-0.05, 0) is 38.8 Å². The highest BCUT2D eigenvalue weighted by atomic mass is 15.2. The monoisotopic (exact) mass is 154 g/mol. The molecule has 2 aliphatic rings. The van der Waals surface area contributed by atoms with E-state index in [0.29, 0.717) is 5.54 Å². The molecule has 2 saturated heterocycles. The maximum absolute atomic E-state index is 5.84. The highest BCUT2D eigenvalue weighted by Crippen LogP contribution is 2.36. The molecule has 2 fully saturated rings. The van der Waals surface area contributed by atoms with Gasteiger partial charge in [-0.3, -0.25) is 4.90 Å². The first-order valence-electron chi connectivity index (χ1n) is 4.82. The van der Waals surface area contributed by atoms with Crippen molar-refractivity contribution >= 4 is 0 Å². The normalized spacial score (nSPS) is 39.0. The largest absolute Gasteiger partial charge is 0.329 e. The Balaban J connectivity index is 2.12. The molecule has 2 aliphatic heterocycles. The highest BCUT2D eigenvalue weighted by Gasteiger charge is 2.40. The first kappa shape index (κ1) is 7.56. The van der Waals surface area contributed by atoms with Crippen LogP contribution >= 0.6 is 0 Å². The van der Waals surface area contributed by atoms with Gasteiger partial charge in [-0.2, -0.15) is 0 Å². The molecule has 0 aliphatic carbocycles. The van der Waals surface area contributed by atoms with Crippen molar-refractivity contribution < 1.29 is 0 Å². The minimum absolute atomic E-state index is 0.443. The molecule has 0 aromatic carbocycles. The third kappa shape index (κ3) is 1.09. The van der Waals surface area contributed by atoms with Crippen molar-refractivity contribution in [2.45, 2.75) is 37.6 Å². The lowest BCUT2D eigenvalue weighted by Gasteiger charge is -2.41. The van der Waals surface area contributed by atoms with Crippen LogP contribution in [0.4, 0.5) is 0 Å². The molecular weight excluding hydrogens is 136 g/mol. The predicted molar refractivity (Wildman–Crippen MR) is 46.4 cm³/mol. The van der Waals surface area contributed by atoms with Gasteiger partial charge in [0.05, 0.1) is 0 Å². The van der Waals surface area contributed by atoms with Crippen LogP contribution in [0.15, 0.2) is 0 Å². The van der Waals surface area contributed by atoms with Crippen molar-refractivity contribution in [1.29, 1.82) is 0 Å². The molecule has 1 atom stereocenters. The molecule has 0 aromatic heterocycles. The van der Waals surface area contributed by atoms with Crippen molar-refractivity contribution in [2.24, 2.45) is 5.73 Å². The molecule has 0 spiro atoms. The summed E-state index contributed by atoms with van der Waals surface area (Å²) >= 11 is 0. The van der Waals surface area contributed by atoms with Crippen molar-refractivity contribution in [1.82, 2.24) is 4.90 Å². The quantitative estimate of drug-likeness (QED) is 0.609. The Morgan fingerprint density at radius 1 is 1.09 bits per heavy atom. The number of fused-ring (bicyclic) bond motifs is 1. The average molecular weight is 154 g/mol. The summed E-state index contributed by atoms with van der Waals surface area (Å²) in [6.07, 6.45) is 6.86. The number of hydrogen-bond donors (Lipinski definition) is 1. The van der Waals surface area contributed by atoms with E-state index in [0.717, 1.165) is 6.54 Å². The molecule has 0 radical (unpaired) electrons. The Hall–Kier alpha value is -0.0800. The number of hydrogen-bond acceptors (Lipinski definition) is 2. The number of nitrogens with zero attached hydrogens (tertiary/aromatic N) is 1. The van der Waals surface area contributed by atoms with Gasteiger partial charge in [0.1, 0.15) is 0 Å². The molecule has 2 nitrogen and oxygen atoms in total. The van der Waals surface area contributed by atoms with Gasteiger partial charge in [-0.25, -0.2) is 0 Å². The lowest BCUT2D eigenvalue weighted by molar-refractivity contribution is 0.0977. The molecular formula is C9H18N2. The van der Waals surface area contributed by atoms with Crippen molar-refractivity contribution in [2.75, 3.05) is 19.6 Å². The van der Waals surface area contributed by atoms with Gasteiger partial charge in [-0.15, -0.1) is 0 Å². The second-order valence-corrected chi connectivity index (χ2v) is 3.98. The third-order valence-corrected chi connectivity index (χ3v) is 3.44. The summed E-state index contributed by atoms with van der Waals surface area (Å²) in [5, 5.41) is 0. The molecule has 0 amide bonds. The summed E-state index contributed by atoms with van der Waals surface area (Å²) in [7, 11) is 0. The number of nitrogens with two attached hydrogens (primary N) is 1. The Labute approximate surface area is 68.7 Å². The fraction of sp³-hybridized carbons (Fsp3) is 1.00. The predicted octanol–water partition coefficient (Wildman–Crippen LogP) is 0.964. The molecule has 2 heterocycles. The van der Waals surface area contributed by atoms with Gasteiger partial charge >= 0.3 is 0 Å². The Morgan fingerprint density at radius 2 is 1.82 bits per heavy atom. The lowest BCUT2D eigenvalue weighted by atomic mass is 9.87. The molecule has 2 rings (SSSR count). The second-order valence-electron chi connectivity index (χ2n) is 3.98. The smallest absolute Gasteiger partial charge is 0.0332 e. The van der Waals surface area contributed by atoms with Crippen molar-refractivity contribution in [3.8, 4) is 0 Å². The molecule has 2 heteroatoms. The molecule has 11 heavy (non-hydrogen) atoms. The van der Waals surface area contributed by atoms with Crippen LogP contribution in [-0.4, -0.2) is 30.1 Å². The van der Waals surface area contributed by atoms with Crippen molar-refractivity contribution in [3.05, 3.63) is 0 Å². The van der Waals surface area contributed by atoms with Crippen LogP contribution in [0.5, 0.6) is 0 Å². The first-order chi connectivity index (χ1) is 5.37. The summed E-state index contributed by atoms with van der Waals surface area (Å²) in [5.41, 5.74) is 6.28. The van der Waals surface area contributed by atoms with Crippen LogP contribution in [0.1, 0.15) is 32.1 Å². The van der Waals surface area contributed by atoms with E-state index in [9.17, 15) is 0 Å². The Kier molecular flexibility index (Phi) is 1.90. The van der Waals surface area contributed by atoms with E-state index in [1.165, 1.54) is 45.2 Å². The van der Waals surface area contributed by atoms with Crippen LogP contribution in [-0.2, 0) is 0 Å². The van der Waals surface area contributed by atoms with Gasteiger partial charge in [0.25, 0.3) is 0 Å². The minimum atomic E-state index is 0.443. The van der Waals surface area contributed by atoms with Gasteiger partial charge in [-0.1, -0.05) is 6.42 Å². The first-order valence-corrected chi connectivity index (χ1v) is 4.82. The number of rotatable bonds is 1. The summed E-state index contributed by atoms with van der Waals surface area (Å²) in [5.74, 6) is 0. The summed E-state index contributed by atoms with van der Waals surface area (Å²) < 4.78 is 0. The lowest BCUT2D eigenvalue weighted by Crippen LogP contribution is -2.52. The summed E-state index contributed by atoms with van der Waals surface area (Å²) in [4.78, 5) is 2.62. The van der Waals surface area contributed by atoms with Gasteiger partial charge < -0.3 is 5.73 Å². The summed E-state index contributed by atoms with van der Waals surface area (Å²) in [6.45, 7) is 3.49. The fourth-order valence-electron chi connectivity index (χ4n) is 2.72.